The molecule has 1 aromatic carbocycles. The summed E-state index contributed by atoms with van der Waals surface area (Å²) in [6.07, 6.45) is 10.7. The summed E-state index contributed by atoms with van der Waals surface area (Å²) in [6, 6.07) is 7.95. The standard InChI is InChI=1S/C24H34N4O2/c1-4-16-28(20-11-9-19(10-12-20)27-17-15-26-18-27)22(30)24(6-3)14-8-7-13-23(24,5-2)21(25)29/h9-12,15,17-18H,4-8,13-14,16H2,1-3H3,(H2,25,29). The lowest BCUT2D eigenvalue weighted by Crippen LogP contribution is -2.60. The van der Waals surface area contributed by atoms with E-state index in [0.717, 1.165) is 30.6 Å². The maximum Gasteiger partial charge on any atom is 0.234 e. The number of carbonyl (C=O) groups is 2. The molecule has 2 N–H and O–H groups in total. The van der Waals surface area contributed by atoms with Gasteiger partial charge in [0.05, 0.1) is 17.2 Å². The van der Waals surface area contributed by atoms with Crippen molar-refractivity contribution in [1.82, 2.24) is 9.55 Å². The van der Waals surface area contributed by atoms with E-state index in [2.05, 4.69) is 11.9 Å². The summed E-state index contributed by atoms with van der Waals surface area (Å²) < 4.78 is 1.93. The quantitative estimate of drug-likeness (QED) is 0.697. The molecule has 2 atom stereocenters. The Labute approximate surface area is 179 Å². The van der Waals surface area contributed by atoms with E-state index in [-0.39, 0.29) is 11.8 Å². The summed E-state index contributed by atoms with van der Waals surface area (Å²) >= 11 is 0. The summed E-state index contributed by atoms with van der Waals surface area (Å²) in [4.78, 5) is 32.8. The first kappa shape index (κ1) is 22.1. The number of rotatable bonds is 8. The third-order valence-corrected chi connectivity index (χ3v) is 7.12. The molecule has 0 saturated heterocycles. The van der Waals surface area contributed by atoms with E-state index in [9.17, 15) is 9.59 Å². The molecule has 1 aliphatic carbocycles. The predicted molar refractivity (Wildman–Crippen MR) is 119 cm³/mol. The lowest BCUT2D eigenvalue weighted by molar-refractivity contribution is -0.155. The fraction of sp³-hybridized carbons (Fsp3) is 0.542. The SMILES string of the molecule is CCCN(C(=O)C1(CC)CCCCC1(CC)C(N)=O)c1ccc(-n2ccnc2)cc1. The highest BCUT2D eigenvalue weighted by Crippen LogP contribution is 2.56. The Bertz CT molecular complexity index is 862. The summed E-state index contributed by atoms with van der Waals surface area (Å²) in [7, 11) is 0. The second-order valence-corrected chi connectivity index (χ2v) is 8.39. The summed E-state index contributed by atoms with van der Waals surface area (Å²) in [5.74, 6) is -0.283. The van der Waals surface area contributed by atoms with Gasteiger partial charge in [-0.25, -0.2) is 4.98 Å². The van der Waals surface area contributed by atoms with E-state index >= 15 is 0 Å². The van der Waals surface area contributed by atoms with E-state index in [1.54, 1.807) is 12.5 Å². The van der Waals surface area contributed by atoms with Crippen molar-refractivity contribution in [2.75, 3.05) is 11.4 Å². The van der Waals surface area contributed by atoms with Crippen LogP contribution in [0.25, 0.3) is 5.69 Å². The Hall–Kier alpha value is -2.63. The molecular weight excluding hydrogens is 376 g/mol. The van der Waals surface area contributed by atoms with E-state index < -0.39 is 10.8 Å². The Morgan fingerprint density at radius 2 is 1.70 bits per heavy atom. The Balaban J connectivity index is 2.01. The Morgan fingerprint density at radius 1 is 1.07 bits per heavy atom. The maximum absolute atomic E-state index is 14.1. The lowest BCUT2D eigenvalue weighted by atomic mass is 9.52. The van der Waals surface area contributed by atoms with E-state index in [1.165, 1.54) is 0 Å². The van der Waals surface area contributed by atoms with Crippen LogP contribution in [0.5, 0.6) is 0 Å². The number of hydrogen-bond donors (Lipinski definition) is 1. The molecule has 0 spiro atoms. The van der Waals surface area contributed by atoms with E-state index in [1.807, 2.05) is 53.8 Å². The predicted octanol–water partition coefficient (Wildman–Crippen LogP) is 4.47. The zero-order valence-electron chi connectivity index (χ0n) is 18.4. The minimum Gasteiger partial charge on any atom is -0.369 e. The van der Waals surface area contributed by atoms with Gasteiger partial charge < -0.3 is 15.2 Å². The number of nitrogens with two attached hydrogens (primary N) is 1. The Morgan fingerprint density at radius 3 is 2.20 bits per heavy atom. The largest absolute Gasteiger partial charge is 0.369 e. The monoisotopic (exact) mass is 410 g/mol. The van der Waals surface area contributed by atoms with Crippen LogP contribution in [0.3, 0.4) is 0 Å². The molecule has 0 aliphatic heterocycles. The van der Waals surface area contributed by atoms with Gasteiger partial charge in [-0.1, -0.05) is 33.6 Å². The van der Waals surface area contributed by atoms with Gasteiger partial charge in [-0.05, 0) is 56.4 Å². The number of carbonyl (C=O) groups excluding carboxylic acids is 2. The average molecular weight is 411 g/mol. The van der Waals surface area contributed by atoms with Gasteiger partial charge in [0.15, 0.2) is 0 Å². The van der Waals surface area contributed by atoms with Gasteiger partial charge in [-0.15, -0.1) is 0 Å². The maximum atomic E-state index is 14.1. The summed E-state index contributed by atoms with van der Waals surface area (Å²) in [6.45, 7) is 6.71. The number of imidazole rings is 1. The van der Waals surface area contributed by atoms with Crippen molar-refractivity contribution in [2.45, 2.75) is 65.7 Å². The van der Waals surface area contributed by atoms with Crippen molar-refractivity contribution < 1.29 is 9.59 Å². The van der Waals surface area contributed by atoms with Crippen LogP contribution in [0.15, 0.2) is 43.0 Å². The van der Waals surface area contributed by atoms with Gasteiger partial charge in [0.2, 0.25) is 11.8 Å². The zero-order chi connectivity index (χ0) is 21.8. The highest BCUT2D eigenvalue weighted by Gasteiger charge is 2.59. The molecule has 6 nitrogen and oxygen atoms in total. The molecule has 2 unspecified atom stereocenters. The molecule has 1 aliphatic rings. The first-order valence-corrected chi connectivity index (χ1v) is 11.2. The number of aromatic nitrogens is 2. The van der Waals surface area contributed by atoms with Crippen LogP contribution < -0.4 is 10.6 Å². The lowest BCUT2D eigenvalue weighted by Gasteiger charge is -2.52. The molecule has 6 heteroatoms. The third-order valence-electron chi connectivity index (χ3n) is 7.12. The molecule has 1 saturated carbocycles. The number of amides is 2. The van der Waals surface area contributed by atoms with E-state index in [4.69, 9.17) is 5.73 Å². The molecule has 1 heterocycles. The van der Waals surface area contributed by atoms with E-state index in [0.29, 0.717) is 32.2 Å². The van der Waals surface area contributed by atoms with Crippen molar-refractivity contribution in [3.05, 3.63) is 43.0 Å². The Kier molecular flexibility index (Phi) is 6.64. The number of primary amides is 1. The van der Waals surface area contributed by atoms with Crippen LogP contribution in [0, 0.1) is 10.8 Å². The normalized spacial score (nSPS) is 23.8. The summed E-state index contributed by atoms with van der Waals surface area (Å²) in [5, 5.41) is 0. The van der Waals surface area contributed by atoms with Crippen LogP contribution in [0.4, 0.5) is 5.69 Å². The van der Waals surface area contributed by atoms with Gasteiger partial charge in [0.1, 0.15) is 0 Å². The van der Waals surface area contributed by atoms with Crippen LogP contribution in [-0.4, -0.2) is 27.9 Å². The molecule has 1 aromatic heterocycles. The van der Waals surface area contributed by atoms with Gasteiger partial charge >= 0.3 is 0 Å². The molecule has 30 heavy (non-hydrogen) atoms. The molecule has 0 bridgehead atoms. The van der Waals surface area contributed by atoms with Crippen LogP contribution in [-0.2, 0) is 9.59 Å². The second kappa shape index (κ2) is 9.02. The molecule has 3 rings (SSSR count). The fourth-order valence-corrected chi connectivity index (χ4v) is 5.40. The number of hydrogen-bond acceptors (Lipinski definition) is 3. The van der Waals surface area contributed by atoms with Crippen LogP contribution >= 0.6 is 0 Å². The van der Waals surface area contributed by atoms with Crippen molar-refractivity contribution in [3.63, 3.8) is 0 Å². The summed E-state index contributed by atoms with van der Waals surface area (Å²) in [5.41, 5.74) is 6.29. The number of benzene rings is 1. The molecule has 2 amide bonds. The van der Waals surface area contributed by atoms with Crippen molar-refractivity contribution >= 4 is 17.5 Å². The van der Waals surface area contributed by atoms with Gasteiger partial charge in [0.25, 0.3) is 0 Å². The molecule has 0 radical (unpaired) electrons. The van der Waals surface area contributed by atoms with Crippen molar-refractivity contribution in [3.8, 4) is 5.69 Å². The minimum absolute atomic E-state index is 0.0441. The smallest absolute Gasteiger partial charge is 0.234 e. The molecule has 2 aromatic rings. The second-order valence-electron chi connectivity index (χ2n) is 8.39. The van der Waals surface area contributed by atoms with Crippen LogP contribution in [0.1, 0.15) is 65.7 Å². The van der Waals surface area contributed by atoms with Crippen molar-refractivity contribution in [1.29, 1.82) is 0 Å². The first-order valence-electron chi connectivity index (χ1n) is 11.2. The highest BCUT2D eigenvalue weighted by molar-refractivity contribution is 6.02. The fourth-order valence-electron chi connectivity index (χ4n) is 5.40. The molecule has 1 fully saturated rings. The van der Waals surface area contributed by atoms with Crippen LogP contribution in [0.2, 0.25) is 0 Å². The van der Waals surface area contributed by atoms with Crippen molar-refractivity contribution in [2.24, 2.45) is 16.6 Å². The minimum atomic E-state index is -0.778. The zero-order valence-corrected chi connectivity index (χ0v) is 18.4. The molecular formula is C24H34N4O2. The number of nitrogens with zero attached hydrogens (tertiary/aromatic N) is 3. The van der Waals surface area contributed by atoms with Gasteiger partial charge in [-0.3, -0.25) is 9.59 Å². The topological polar surface area (TPSA) is 81.2 Å². The average Bonchev–Trinajstić information content (AvgIpc) is 3.31. The molecule has 162 valence electrons. The number of anilines is 1. The van der Waals surface area contributed by atoms with Gasteiger partial charge in [-0.2, -0.15) is 0 Å². The highest BCUT2D eigenvalue weighted by atomic mass is 16.2. The first-order chi connectivity index (χ1) is 14.5. The van der Waals surface area contributed by atoms with Gasteiger partial charge in [0, 0.05) is 30.3 Å². The third kappa shape index (κ3) is 3.53.